The molecule has 3 amide bonds. The van der Waals surface area contributed by atoms with Gasteiger partial charge in [0.05, 0.1) is 0 Å². The maximum Gasteiger partial charge on any atom is 0.270 e. The molecule has 7 heteroatoms. The lowest BCUT2D eigenvalue weighted by Crippen LogP contribution is -2.45. The van der Waals surface area contributed by atoms with Crippen LogP contribution in [0.5, 0.6) is 0 Å². The number of hydrazine groups is 1. The fourth-order valence-electron chi connectivity index (χ4n) is 5.13. The van der Waals surface area contributed by atoms with Gasteiger partial charge >= 0.3 is 0 Å². The Kier molecular flexibility index (Phi) is 7.12. The molecule has 4 aromatic rings. The second-order valence-corrected chi connectivity index (χ2v) is 9.54. The average Bonchev–Trinajstić information content (AvgIpc) is 2.94. The number of hydrogen-bond acceptors (Lipinski definition) is 3. The van der Waals surface area contributed by atoms with Gasteiger partial charge in [-0.05, 0) is 66.0 Å². The molecule has 0 unspecified atom stereocenters. The Morgan fingerprint density at radius 1 is 0.676 bits per heavy atom. The van der Waals surface area contributed by atoms with Gasteiger partial charge in [0.25, 0.3) is 11.8 Å². The van der Waals surface area contributed by atoms with E-state index in [1.54, 1.807) is 30.3 Å². The van der Waals surface area contributed by atoms with Gasteiger partial charge in [-0.2, -0.15) is 0 Å². The van der Waals surface area contributed by atoms with Gasteiger partial charge in [-0.1, -0.05) is 60.7 Å². The Morgan fingerprint density at radius 3 is 2.11 bits per heavy atom. The van der Waals surface area contributed by atoms with E-state index in [0.717, 1.165) is 23.6 Å². The topological polar surface area (TPSA) is 87.3 Å². The minimum atomic E-state index is -0.352. The normalized spacial score (nSPS) is 17.3. The summed E-state index contributed by atoms with van der Waals surface area (Å²) in [6.45, 7) is 0.497. The van der Waals surface area contributed by atoms with Crippen molar-refractivity contribution in [1.82, 2.24) is 16.2 Å². The third-order valence-corrected chi connectivity index (χ3v) is 7.22. The molecule has 0 radical (unpaired) electrons. The maximum absolute atomic E-state index is 14.1. The molecule has 0 spiro atoms. The van der Waals surface area contributed by atoms with E-state index in [4.69, 9.17) is 0 Å². The zero-order valence-electron chi connectivity index (χ0n) is 20.3. The third kappa shape index (κ3) is 5.31. The van der Waals surface area contributed by atoms with Crippen molar-refractivity contribution < 1.29 is 18.8 Å². The minimum Gasteiger partial charge on any atom is -0.352 e. The molecule has 37 heavy (non-hydrogen) atoms. The highest BCUT2D eigenvalue weighted by Crippen LogP contribution is 2.29. The zero-order chi connectivity index (χ0) is 25.8. The van der Waals surface area contributed by atoms with E-state index in [-0.39, 0.29) is 35.4 Å². The summed E-state index contributed by atoms with van der Waals surface area (Å²) >= 11 is 0. The zero-order valence-corrected chi connectivity index (χ0v) is 20.3. The van der Waals surface area contributed by atoms with Gasteiger partial charge < -0.3 is 5.32 Å². The molecule has 0 bridgehead atoms. The van der Waals surface area contributed by atoms with Crippen molar-refractivity contribution in [2.45, 2.75) is 25.7 Å². The molecule has 1 fully saturated rings. The SMILES string of the molecule is O=C(NNC(=O)C1CCC(CNC(=O)c2ccc(F)c3ccccc23)CC1)c1cccc2ccccc12. The fourth-order valence-corrected chi connectivity index (χ4v) is 5.13. The highest BCUT2D eigenvalue weighted by Gasteiger charge is 2.27. The molecule has 1 aliphatic carbocycles. The van der Waals surface area contributed by atoms with Gasteiger partial charge in [-0.3, -0.25) is 25.2 Å². The van der Waals surface area contributed by atoms with Crippen LogP contribution in [0.4, 0.5) is 4.39 Å². The quantitative estimate of drug-likeness (QED) is 0.334. The molecule has 1 aliphatic rings. The Hall–Kier alpha value is -4.26. The molecule has 4 aromatic carbocycles. The number of fused-ring (bicyclic) bond motifs is 2. The lowest BCUT2D eigenvalue weighted by Gasteiger charge is -2.28. The van der Waals surface area contributed by atoms with E-state index in [1.807, 2.05) is 36.4 Å². The van der Waals surface area contributed by atoms with Crippen LogP contribution in [0.3, 0.4) is 0 Å². The van der Waals surface area contributed by atoms with Crippen LogP contribution in [0.1, 0.15) is 46.4 Å². The van der Waals surface area contributed by atoms with E-state index in [0.29, 0.717) is 41.3 Å². The maximum atomic E-state index is 14.1. The minimum absolute atomic E-state index is 0.194. The predicted molar refractivity (Wildman–Crippen MR) is 141 cm³/mol. The number of carbonyl (C=O) groups is 3. The molecular formula is C30H28FN3O3. The summed E-state index contributed by atoms with van der Waals surface area (Å²) < 4.78 is 14.1. The van der Waals surface area contributed by atoms with Crippen molar-refractivity contribution >= 4 is 39.3 Å². The first kappa shape index (κ1) is 24.4. The van der Waals surface area contributed by atoms with Crippen LogP contribution < -0.4 is 16.2 Å². The molecule has 0 aromatic heterocycles. The summed E-state index contributed by atoms with van der Waals surface area (Å²) in [5, 5.41) is 5.78. The molecule has 6 nitrogen and oxygen atoms in total. The summed E-state index contributed by atoms with van der Waals surface area (Å²) in [6.07, 6.45) is 2.94. The largest absolute Gasteiger partial charge is 0.352 e. The number of amides is 3. The monoisotopic (exact) mass is 497 g/mol. The van der Waals surface area contributed by atoms with Crippen molar-refractivity contribution in [2.75, 3.05) is 6.54 Å². The van der Waals surface area contributed by atoms with E-state index in [1.165, 1.54) is 12.1 Å². The van der Waals surface area contributed by atoms with E-state index >= 15 is 0 Å². The van der Waals surface area contributed by atoms with Gasteiger partial charge in [-0.25, -0.2) is 4.39 Å². The molecular weight excluding hydrogens is 469 g/mol. The summed E-state index contributed by atoms with van der Waals surface area (Å²) in [6, 6.07) is 22.9. The first-order chi connectivity index (χ1) is 18.0. The van der Waals surface area contributed by atoms with E-state index in [2.05, 4.69) is 16.2 Å². The molecule has 188 valence electrons. The summed E-state index contributed by atoms with van der Waals surface area (Å²) in [5.74, 6) is -1.07. The second kappa shape index (κ2) is 10.8. The Morgan fingerprint density at radius 2 is 1.32 bits per heavy atom. The van der Waals surface area contributed by atoms with Gasteiger partial charge in [0.15, 0.2) is 0 Å². The standard InChI is InChI=1S/C30H28FN3O3/c31-27-17-16-26(23-9-3-4-10-24(23)27)29(36)32-18-19-12-14-21(15-13-19)28(35)33-34-30(37)25-11-5-7-20-6-1-2-8-22(20)25/h1-11,16-17,19,21H,12-15,18H2,(H,32,36)(H,33,35)(H,34,37). The van der Waals surface area contributed by atoms with Crippen LogP contribution >= 0.6 is 0 Å². The van der Waals surface area contributed by atoms with Crippen LogP contribution in [0.2, 0.25) is 0 Å². The van der Waals surface area contributed by atoms with Crippen molar-refractivity contribution in [1.29, 1.82) is 0 Å². The van der Waals surface area contributed by atoms with Crippen LogP contribution in [0.25, 0.3) is 21.5 Å². The Labute approximate surface area is 214 Å². The van der Waals surface area contributed by atoms with Crippen molar-refractivity contribution in [3.8, 4) is 0 Å². The molecule has 1 saturated carbocycles. The highest BCUT2D eigenvalue weighted by atomic mass is 19.1. The van der Waals surface area contributed by atoms with Gasteiger partial charge in [-0.15, -0.1) is 0 Å². The van der Waals surface area contributed by atoms with Gasteiger partial charge in [0.1, 0.15) is 5.82 Å². The van der Waals surface area contributed by atoms with Crippen LogP contribution in [-0.4, -0.2) is 24.3 Å². The van der Waals surface area contributed by atoms with Crippen molar-refractivity contribution in [3.63, 3.8) is 0 Å². The average molecular weight is 498 g/mol. The Bertz CT molecular complexity index is 1470. The first-order valence-corrected chi connectivity index (χ1v) is 12.5. The number of nitrogens with one attached hydrogen (secondary N) is 3. The molecule has 0 saturated heterocycles. The van der Waals surface area contributed by atoms with Gasteiger partial charge in [0.2, 0.25) is 5.91 Å². The van der Waals surface area contributed by atoms with Crippen LogP contribution in [0.15, 0.2) is 78.9 Å². The number of halogens is 1. The number of benzene rings is 4. The van der Waals surface area contributed by atoms with E-state index in [9.17, 15) is 18.8 Å². The number of rotatable bonds is 5. The Balaban J connectivity index is 1.10. The van der Waals surface area contributed by atoms with Crippen LogP contribution in [0, 0.1) is 17.7 Å². The summed E-state index contributed by atoms with van der Waals surface area (Å²) in [7, 11) is 0. The summed E-state index contributed by atoms with van der Waals surface area (Å²) in [4.78, 5) is 38.2. The number of carbonyl (C=O) groups excluding carboxylic acids is 3. The van der Waals surface area contributed by atoms with E-state index < -0.39 is 0 Å². The molecule has 5 rings (SSSR count). The van der Waals surface area contributed by atoms with Crippen LogP contribution in [-0.2, 0) is 4.79 Å². The highest BCUT2D eigenvalue weighted by molar-refractivity contribution is 6.08. The van der Waals surface area contributed by atoms with Gasteiger partial charge in [0, 0.05) is 29.0 Å². The smallest absolute Gasteiger partial charge is 0.270 e. The lowest BCUT2D eigenvalue weighted by molar-refractivity contribution is -0.127. The predicted octanol–water partition coefficient (Wildman–Crippen LogP) is 5.13. The van der Waals surface area contributed by atoms with Crippen molar-refractivity contribution in [3.05, 3.63) is 95.8 Å². The lowest BCUT2D eigenvalue weighted by atomic mass is 9.81. The molecule has 3 N–H and O–H groups in total. The molecule has 0 atom stereocenters. The summed E-state index contributed by atoms with van der Waals surface area (Å²) in [5.41, 5.74) is 6.10. The molecule has 0 heterocycles. The molecule has 0 aliphatic heterocycles. The number of hydrogen-bond donors (Lipinski definition) is 3. The second-order valence-electron chi connectivity index (χ2n) is 9.54. The third-order valence-electron chi connectivity index (χ3n) is 7.22. The first-order valence-electron chi connectivity index (χ1n) is 12.5. The fraction of sp³-hybridized carbons (Fsp3) is 0.233. The van der Waals surface area contributed by atoms with Crippen molar-refractivity contribution in [2.24, 2.45) is 11.8 Å².